The van der Waals surface area contributed by atoms with E-state index in [4.69, 9.17) is 9.15 Å². The molecule has 0 aliphatic carbocycles. The van der Waals surface area contributed by atoms with Gasteiger partial charge in [-0.2, -0.15) is 0 Å². The molecule has 0 aliphatic rings. The molecule has 0 saturated carbocycles. The Kier molecular flexibility index (Phi) is 6.47. The molecule has 1 heterocycles. The van der Waals surface area contributed by atoms with Gasteiger partial charge in [0.15, 0.2) is 5.58 Å². The van der Waals surface area contributed by atoms with Gasteiger partial charge in [-0.3, -0.25) is 34.9 Å². The van der Waals surface area contributed by atoms with Crippen LogP contribution in [-0.2, 0) is 18.2 Å². The SMILES string of the molecule is Cn1c(=O)oc2cc([N+](=O)[O-])c(C(Cc3ccc([N+](=O)[O-])cc3)OC(=O)c3ccc([N+](=O)[O-])cc3)cc21. The summed E-state index contributed by atoms with van der Waals surface area (Å²) < 4.78 is 11.8. The molecule has 0 spiro atoms. The van der Waals surface area contributed by atoms with E-state index >= 15 is 0 Å². The number of non-ortho nitro benzene ring substituents is 2. The van der Waals surface area contributed by atoms with E-state index in [-0.39, 0.29) is 40.0 Å². The van der Waals surface area contributed by atoms with Crippen LogP contribution in [0.15, 0.2) is 69.9 Å². The van der Waals surface area contributed by atoms with Crippen molar-refractivity contribution in [1.29, 1.82) is 0 Å². The predicted octanol–water partition coefficient (Wildman–Crippen LogP) is 4.00. The first-order chi connectivity index (χ1) is 17.5. The van der Waals surface area contributed by atoms with Gasteiger partial charge in [-0.05, 0) is 23.8 Å². The third-order valence-electron chi connectivity index (χ3n) is 5.62. The van der Waals surface area contributed by atoms with Gasteiger partial charge in [0.25, 0.3) is 17.1 Å². The normalized spacial score (nSPS) is 11.7. The molecule has 37 heavy (non-hydrogen) atoms. The van der Waals surface area contributed by atoms with Crippen molar-refractivity contribution >= 4 is 34.1 Å². The number of benzene rings is 3. The Labute approximate surface area is 205 Å². The third-order valence-corrected chi connectivity index (χ3v) is 5.62. The quantitative estimate of drug-likeness (QED) is 0.191. The van der Waals surface area contributed by atoms with Crippen molar-refractivity contribution in [1.82, 2.24) is 4.57 Å². The summed E-state index contributed by atoms with van der Waals surface area (Å²) in [6.45, 7) is 0. The maximum atomic E-state index is 12.9. The summed E-state index contributed by atoms with van der Waals surface area (Å²) >= 11 is 0. The average molecular weight is 508 g/mol. The zero-order chi connectivity index (χ0) is 26.9. The molecule has 0 radical (unpaired) electrons. The fourth-order valence-electron chi connectivity index (χ4n) is 3.69. The summed E-state index contributed by atoms with van der Waals surface area (Å²) in [6.07, 6.45) is -1.39. The van der Waals surface area contributed by atoms with Crippen LogP contribution in [0.4, 0.5) is 17.1 Å². The van der Waals surface area contributed by atoms with Crippen molar-refractivity contribution in [3.8, 4) is 0 Å². The fraction of sp³-hybridized carbons (Fsp3) is 0.130. The van der Waals surface area contributed by atoms with Crippen LogP contribution in [0.1, 0.15) is 27.6 Å². The highest BCUT2D eigenvalue weighted by Crippen LogP contribution is 2.35. The minimum Gasteiger partial charge on any atom is -0.453 e. The molecule has 14 heteroatoms. The third kappa shape index (κ3) is 5.02. The Hall–Kier alpha value is -5.40. The standard InChI is InChI=1S/C23H16N4O10/c1-24-19-11-17(18(27(34)35)12-21(19)37-23(24)29)20(10-13-2-6-15(7-3-13)25(30)31)36-22(28)14-4-8-16(9-5-14)26(32)33/h2-9,11-12,20H,10H2,1H3. The first-order valence-corrected chi connectivity index (χ1v) is 10.5. The molecule has 0 N–H and O–H groups in total. The second kappa shape index (κ2) is 9.69. The minimum atomic E-state index is -1.28. The molecule has 3 aromatic carbocycles. The van der Waals surface area contributed by atoms with E-state index in [1.807, 2.05) is 0 Å². The number of hydrogen-bond donors (Lipinski definition) is 0. The van der Waals surface area contributed by atoms with Crippen LogP contribution in [0.2, 0.25) is 0 Å². The van der Waals surface area contributed by atoms with Crippen molar-refractivity contribution in [2.75, 3.05) is 0 Å². The van der Waals surface area contributed by atoms with E-state index in [9.17, 15) is 39.9 Å². The highest BCUT2D eigenvalue weighted by atomic mass is 16.6. The van der Waals surface area contributed by atoms with Gasteiger partial charge < -0.3 is 9.15 Å². The summed E-state index contributed by atoms with van der Waals surface area (Å²) in [5.74, 6) is -1.67. The predicted molar refractivity (Wildman–Crippen MR) is 126 cm³/mol. The zero-order valence-corrected chi connectivity index (χ0v) is 18.9. The zero-order valence-electron chi connectivity index (χ0n) is 18.9. The lowest BCUT2D eigenvalue weighted by molar-refractivity contribution is -0.386. The summed E-state index contributed by atoms with van der Waals surface area (Å²) in [5, 5.41) is 33.8. The van der Waals surface area contributed by atoms with Crippen molar-refractivity contribution < 1.29 is 28.7 Å². The summed E-state index contributed by atoms with van der Waals surface area (Å²) in [6, 6.07) is 12.2. The Bertz CT molecular complexity index is 1600. The molecular formula is C23H16N4O10. The highest BCUT2D eigenvalue weighted by molar-refractivity contribution is 5.90. The van der Waals surface area contributed by atoms with Crippen LogP contribution in [-0.4, -0.2) is 25.3 Å². The van der Waals surface area contributed by atoms with E-state index in [1.54, 1.807) is 0 Å². The van der Waals surface area contributed by atoms with E-state index in [2.05, 4.69) is 0 Å². The molecule has 14 nitrogen and oxygen atoms in total. The van der Waals surface area contributed by atoms with Crippen molar-refractivity contribution in [3.05, 3.63) is 118 Å². The molecular weight excluding hydrogens is 492 g/mol. The van der Waals surface area contributed by atoms with Crippen molar-refractivity contribution in [2.24, 2.45) is 7.05 Å². The molecule has 4 rings (SSSR count). The molecule has 1 aromatic heterocycles. The monoisotopic (exact) mass is 508 g/mol. The Morgan fingerprint density at radius 2 is 1.49 bits per heavy atom. The summed E-state index contributed by atoms with van der Waals surface area (Å²) in [5.41, 5.74) is -0.372. The van der Waals surface area contributed by atoms with E-state index in [0.29, 0.717) is 5.56 Å². The van der Waals surface area contributed by atoms with Crippen LogP contribution in [0.5, 0.6) is 0 Å². The molecule has 0 bridgehead atoms. The Morgan fingerprint density at radius 1 is 0.919 bits per heavy atom. The second-order valence-corrected chi connectivity index (χ2v) is 7.89. The minimum absolute atomic E-state index is 0.0428. The molecule has 188 valence electrons. The molecule has 0 fully saturated rings. The maximum Gasteiger partial charge on any atom is 0.419 e. The van der Waals surface area contributed by atoms with Gasteiger partial charge in [-0.1, -0.05) is 12.1 Å². The Balaban J connectivity index is 1.79. The van der Waals surface area contributed by atoms with Gasteiger partial charge in [-0.15, -0.1) is 0 Å². The number of nitrogens with zero attached hydrogens (tertiary/aromatic N) is 4. The van der Waals surface area contributed by atoms with Gasteiger partial charge >= 0.3 is 11.7 Å². The lowest BCUT2D eigenvalue weighted by Crippen LogP contribution is -2.16. The van der Waals surface area contributed by atoms with Crippen LogP contribution >= 0.6 is 0 Å². The smallest absolute Gasteiger partial charge is 0.419 e. The van der Waals surface area contributed by atoms with Gasteiger partial charge in [0.1, 0.15) is 6.10 Å². The topological polar surface area (TPSA) is 191 Å². The number of nitro benzene ring substituents is 3. The van der Waals surface area contributed by atoms with Crippen molar-refractivity contribution in [3.63, 3.8) is 0 Å². The lowest BCUT2D eigenvalue weighted by Gasteiger charge is -2.19. The number of aromatic nitrogens is 1. The molecule has 4 aromatic rings. The van der Waals surface area contributed by atoms with Gasteiger partial charge in [0, 0.05) is 37.7 Å². The van der Waals surface area contributed by atoms with Crippen LogP contribution in [0, 0.1) is 30.3 Å². The number of rotatable bonds is 8. The van der Waals surface area contributed by atoms with E-state index in [1.165, 1.54) is 49.5 Å². The van der Waals surface area contributed by atoms with Gasteiger partial charge in [-0.25, -0.2) is 9.59 Å². The fourth-order valence-corrected chi connectivity index (χ4v) is 3.69. The number of fused-ring (bicyclic) bond motifs is 1. The summed E-state index contributed by atoms with van der Waals surface area (Å²) in [7, 11) is 1.40. The highest BCUT2D eigenvalue weighted by Gasteiger charge is 2.29. The number of carbonyl (C=O) groups excluding carboxylic acids is 1. The molecule has 0 aliphatic heterocycles. The molecule has 1 unspecified atom stereocenters. The largest absolute Gasteiger partial charge is 0.453 e. The Morgan fingerprint density at radius 3 is 2.03 bits per heavy atom. The summed E-state index contributed by atoms with van der Waals surface area (Å²) in [4.78, 5) is 56.7. The van der Waals surface area contributed by atoms with E-state index in [0.717, 1.165) is 22.8 Å². The average Bonchev–Trinajstić information content (AvgIpc) is 3.15. The number of ether oxygens (including phenoxy) is 1. The van der Waals surface area contributed by atoms with Crippen LogP contribution in [0.25, 0.3) is 11.1 Å². The van der Waals surface area contributed by atoms with Crippen LogP contribution < -0.4 is 5.76 Å². The molecule has 0 saturated heterocycles. The number of esters is 1. The molecule has 0 amide bonds. The molecule has 1 atom stereocenters. The van der Waals surface area contributed by atoms with Gasteiger partial charge in [0.05, 0.1) is 37.5 Å². The number of aryl methyl sites for hydroxylation is 1. The first kappa shape index (κ1) is 24.7. The number of nitro groups is 3. The van der Waals surface area contributed by atoms with Crippen molar-refractivity contribution in [2.45, 2.75) is 12.5 Å². The van der Waals surface area contributed by atoms with E-state index < -0.39 is 38.3 Å². The van der Waals surface area contributed by atoms with Crippen LogP contribution in [0.3, 0.4) is 0 Å². The second-order valence-electron chi connectivity index (χ2n) is 7.89. The number of carbonyl (C=O) groups is 1. The number of oxazole rings is 1. The number of hydrogen-bond acceptors (Lipinski definition) is 10. The first-order valence-electron chi connectivity index (χ1n) is 10.5. The maximum absolute atomic E-state index is 12.9. The van der Waals surface area contributed by atoms with Gasteiger partial charge in [0.2, 0.25) is 0 Å². The lowest BCUT2D eigenvalue weighted by atomic mass is 9.98.